The Balaban J connectivity index is 0.00000338. The molecule has 1 unspecified atom stereocenters. The van der Waals surface area contributed by atoms with Gasteiger partial charge in [-0.05, 0) is 42.7 Å². The van der Waals surface area contributed by atoms with E-state index in [1.165, 1.54) is 0 Å². The number of para-hydroxylation sites is 1. The molecule has 2 aromatic rings. The number of benzene rings is 2. The molecule has 0 aliphatic heterocycles. The summed E-state index contributed by atoms with van der Waals surface area (Å²) in [6.45, 7) is -0.0391. The number of hydrogen-bond acceptors (Lipinski definition) is 5. The molecule has 9 heteroatoms. The van der Waals surface area contributed by atoms with Crippen molar-refractivity contribution < 1.29 is 80.5 Å². The number of rotatable bonds is 8. The van der Waals surface area contributed by atoms with E-state index >= 15 is 0 Å². The number of amides is 1. The van der Waals surface area contributed by atoms with Crippen LogP contribution in [0.2, 0.25) is 0 Å². The number of carbonyl (C=O) groups excluding carboxylic acids is 1. The fourth-order valence-electron chi connectivity index (χ4n) is 2.20. The van der Waals surface area contributed by atoms with Gasteiger partial charge in [0.05, 0.1) is 6.16 Å². The van der Waals surface area contributed by atoms with E-state index in [1.807, 2.05) is 54.6 Å². The van der Waals surface area contributed by atoms with Crippen molar-refractivity contribution in [2.24, 2.45) is 0 Å². The fraction of sp³-hybridized carbons (Fsp3) is 0.235. The summed E-state index contributed by atoms with van der Waals surface area (Å²) >= 11 is 0. The summed E-state index contributed by atoms with van der Waals surface area (Å²) in [5, 5.41) is 9.81. The Morgan fingerprint density at radius 2 is 1.77 bits per heavy atom. The van der Waals surface area contributed by atoms with E-state index in [1.54, 1.807) is 0 Å². The third kappa shape index (κ3) is 8.90. The maximum absolute atomic E-state index is 11.4. The Bertz CT molecular complexity index is 752. The molecule has 134 valence electrons. The van der Waals surface area contributed by atoms with Crippen molar-refractivity contribution in [3.8, 4) is 11.5 Å². The van der Waals surface area contributed by atoms with Crippen molar-refractivity contribution >= 4 is 13.5 Å². The van der Waals surface area contributed by atoms with Crippen molar-refractivity contribution in [2.75, 3.05) is 12.7 Å². The van der Waals surface area contributed by atoms with Gasteiger partial charge < -0.3 is 19.1 Å². The molecule has 0 bridgehead atoms. The van der Waals surface area contributed by atoms with Gasteiger partial charge in [-0.3, -0.25) is 10.0 Å². The van der Waals surface area contributed by atoms with E-state index in [9.17, 15) is 19.5 Å². The molecule has 2 aromatic carbocycles. The van der Waals surface area contributed by atoms with Crippen LogP contribution in [0.3, 0.4) is 0 Å². The summed E-state index contributed by atoms with van der Waals surface area (Å²) in [6, 6.07) is 16.7. The van der Waals surface area contributed by atoms with Crippen molar-refractivity contribution in [3.63, 3.8) is 0 Å². The molecule has 0 saturated carbocycles. The summed E-state index contributed by atoms with van der Waals surface area (Å²) < 4.78 is 16.4. The van der Waals surface area contributed by atoms with Gasteiger partial charge in [0.25, 0.3) is 5.91 Å². The van der Waals surface area contributed by atoms with Crippen molar-refractivity contribution in [1.29, 1.82) is 0 Å². The van der Waals surface area contributed by atoms with Crippen LogP contribution in [0.1, 0.15) is 12.0 Å². The third-order valence-corrected chi connectivity index (χ3v) is 4.01. The molecule has 0 saturated heterocycles. The number of hydrogen-bond donors (Lipinski definition) is 2. The van der Waals surface area contributed by atoms with E-state index in [-0.39, 0.29) is 57.9 Å². The van der Waals surface area contributed by atoms with Crippen LogP contribution in [0.5, 0.6) is 11.5 Å². The molecule has 1 atom stereocenters. The SMILES string of the molecule is O=C(CP(=O)([O-])O)N(O)CCCc1cccc(Oc2ccccc2)c1.[K+]. The van der Waals surface area contributed by atoms with Gasteiger partial charge in [0, 0.05) is 6.54 Å². The zero-order chi connectivity index (χ0) is 18.3. The van der Waals surface area contributed by atoms with Gasteiger partial charge in [0.1, 0.15) is 19.1 Å². The number of hydroxylamine groups is 2. The third-order valence-electron chi connectivity index (χ3n) is 3.34. The Kier molecular flexibility index (Phi) is 10.2. The summed E-state index contributed by atoms with van der Waals surface area (Å²) in [6.07, 6.45) is -0.125. The van der Waals surface area contributed by atoms with Gasteiger partial charge in [-0.15, -0.1) is 0 Å². The van der Waals surface area contributed by atoms with Crippen LogP contribution in [0.15, 0.2) is 54.6 Å². The predicted molar refractivity (Wildman–Crippen MR) is 89.5 cm³/mol. The van der Waals surface area contributed by atoms with Crippen LogP contribution >= 0.6 is 7.60 Å². The fourth-order valence-corrected chi connectivity index (χ4v) is 2.70. The van der Waals surface area contributed by atoms with Gasteiger partial charge in [-0.25, -0.2) is 5.06 Å². The summed E-state index contributed by atoms with van der Waals surface area (Å²) in [7, 11) is -4.72. The molecule has 0 aliphatic rings. The average Bonchev–Trinajstić information content (AvgIpc) is 2.54. The number of carbonyl (C=O) groups is 1. The minimum absolute atomic E-state index is 0. The van der Waals surface area contributed by atoms with Crippen molar-refractivity contribution in [3.05, 3.63) is 60.2 Å². The second-order valence-electron chi connectivity index (χ2n) is 5.48. The molecule has 0 fully saturated rings. The maximum Gasteiger partial charge on any atom is 1.00 e. The quantitative estimate of drug-likeness (QED) is 0.258. The maximum atomic E-state index is 11.4. The van der Waals surface area contributed by atoms with E-state index in [0.29, 0.717) is 23.7 Å². The van der Waals surface area contributed by atoms with E-state index < -0.39 is 19.7 Å². The number of nitrogens with zero attached hydrogens (tertiary/aromatic N) is 1. The molecular weight excluding hydrogens is 384 g/mol. The molecule has 26 heavy (non-hydrogen) atoms. The zero-order valence-electron chi connectivity index (χ0n) is 14.4. The number of ether oxygens (including phenoxy) is 1. The summed E-state index contributed by atoms with van der Waals surface area (Å²) in [5.41, 5.74) is 0.950. The molecule has 0 heterocycles. The minimum Gasteiger partial charge on any atom is -0.778 e. The first-order valence-corrected chi connectivity index (χ1v) is 9.44. The molecule has 1 amide bonds. The van der Waals surface area contributed by atoms with Crippen LogP contribution in [-0.2, 0) is 15.8 Å². The first-order valence-electron chi connectivity index (χ1n) is 7.67. The zero-order valence-corrected chi connectivity index (χ0v) is 18.5. The second-order valence-corrected chi connectivity index (χ2v) is 7.07. The number of aryl methyl sites for hydroxylation is 1. The molecule has 7 nitrogen and oxygen atoms in total. The summed E-state index contributed by atoms with van der Waals surface area (Å²) in [4.78, 5) is 30.6. The van der Waals surface area contributed by atoms with Crippen LogP contribution in [0.25, 0.3) is 0 Å². The standard InChI is InChI=1S/C17H20NO6P.K/c19-17(13-25(21,22)23)18(20)11-5-7-14-6-4-10-16(12-14)24-15-8-2-1-3-9-15;/h1-4,6,8-10,12,20H,5,7,11,13H2,(H2,21,22,23);/q;+1/p-1. The average molecular weight is 403 g/mol. The monoisotopic (exact) mass is 403 g/mol. The molecule has 2 N–H and O–H groups in total. The van der Waals surface area contributed by atoms with Crippen LogP contribution in [0.4, 0.5) is 0 Å². The van der Waals surface area contributed by atoms with E-state index in [4.69, 9.17) is 9.63 Å². The van der Waals surface area contributed by atoms with E-state index in [2.05, 4.69) is 0 Å². The Morgan fingerprint density at radius 3 is 2.42 bits per heavy atom. The van der Waals surface area contributed by atoms with Crippen molar-refractivity contribution in [2.45, 2.75) is 12.8 Å². The van der Waals surface area contributed by atoms with Crippen LogP contribution in [-0.4, -0.2) is 33.8 Å². The normalized spacial score (nSPS) is 12.6. The Labute approximate surface area is 194 Å². The largest absolute Gasteiger partial charge is 1.00 e. The predicted octanol–water partition coefficient (Wildman–Crippen LogP) is -0.821. The Hall–Kier alpha value is -0.544. The van der Waals surface area contributed by atoms with Crippen LogP contribution < -0.4 is 61.0 Å². The topological polar surface area (TPSA) is 110 Å². The van der Waals surface area contributed by atoms with Gasteiger partial charge >= 0.3 is 51.4 Å². The van der Waals surface area contributed by atoms with E-state index in [0.717, 1.165) is 11.3 Å². The van der Waals surface area contributed by atoms with Gasteiger partial charge in [0.15, 0.2) is 0 Å². The second kappa shape index (κ2) is 11.3. The van der Waals surface area contributed by atoms with Gasteiger partial charge in [-0.2, -0.15) is 0 Å². The molecular formula is C17H19KNO6P. The summed E-state index contributed by atoms with van der Waals surface area (Å²) in [5.74, 6) is 0.341. The van der Waals surface area contributed by atoms with Crippen molar-refractivity contribution in [1.82, 2.24) is 5.06 Å². The molecule has 2 rings (SSSR count). The smallest absolute Gasteiger partial charge is 0.778 e. The van der Waals surface area contributed by atoms with Crippen LogP contribution in [0, 0.1) is 0 Å². The first kappa shape index (κ1) is 23.5. The Morgan fingerprint density at radius 1 is 1.12 bits per heavy atom. The van der Waals surface area contributed by atoms with Gasteiger partial charge in [0.2, 0.25) is 0 Å². The molecule has 0 aromatic heterocycles. The first-order chi connectivity index (χ1) is 11.8. The molecule has 0 spiro atoms. The minimum atomic E-state index is -4.72. The van der Waals surface area contributed by atoms with Gasteiger partial charge in [-0.1, -0.05) is 30.3 Å². The molecule has 0 radical (unpaired) electrons. The molecule has 0 aliphatic carbocycles.